The Morgan fingerprint density at radius 1 is 1.00 bits per heavy atom. The minimum absolute atomic E-state index is 0.200. The number of halogens is 2. The maximum atomic E-state index is 12.3. The molecule has 160 valence electrons. The van der Waals surface area contributed by atoms with Crippen LogP contribution in [0.15, 0.2) is 66.7 Å². The Bertz CT molecular complexity index is 1080. The summed E-state index contributed by atoms with van der Waals surface area (Å²) < 4.78 is 11.3. The number of anilines is 1. The van der Waals surface area contributed by atoms with Gasteiger partial charge in [-0.05, 0) is 54.0 Å². The van der Waals surface area contributed by atoms with Crippen molar-refractivity contribution in [1.29, 1.82) is 0 Å². The Hall–Kier alpha value is -2.95. The molecule has 0 fully saturated rings. The molecule has 0 heterocycles. The van der Waals surface area contributed by atoms with Crippen molar-refractivity contribution in [2.24, 2.45) is 0 Å². The summed E-state index contributed by atoms with van der Waals surface area (Å²) in [6.45, 7) is 2.26. The van der Waals surface area contributed by atoms with E-state index in [-0.39, 0.29) is 12.5 Å². The number of benzene rings is 3. The van der Waals surface area contributed by atoms with E-state index in [4.69, 9.17) is 32.7 Å². The summed E-state index contributed by atoms with van der Waals surface area (Å²) in [4.78, 5) is 12.3. The molecule has 4 nitrogen and oxygen atoms in total. The van der Waals surface area contributed by atoms with Gasteiger partial charge in [0.25, 0.3) is 0 Å². The molecule has 3 rings (SSSR count). The fourth-order valence-corrected chi connectivity index (χ4v) is 3.53. The van der Waals surface area contributed by atoms with Gasteiger partial charge in [-0.15, -0.1) is 0 Å². The van der Waals surface area contributed by atoms with Gasteiger partial charge in [-0.3, -0.25) is 4.79 Å². The number of aryl methyl sites for hydroxylation is 1. The summed E-state index contributed by atoms with van der Waals surface area (Å²) >= 11 is 12.4. The van der Waals surface area contributed by atoms with E-state index in [0.717, 1.165) is 23.2 Å². The molecule has 1 N–H and O–H groups in total. The average Bonchev–Trinajstić information content (AvgIpc) is 2.78. The van der Waals surface area contributed by atoms with Crippen molar-refractivity contribution in [3.8, 4) is 11.5 Å². The number of rotatable bonds is 8. The van der Waals surface area contributed by atoms with E-state index in [9.17, 15) is 4.79 Å². The third-order valence-corrected chi connectivity index (χ3v) is 5.41. The Kier molecular flexibility index (Phi) is 7.99. The molecular weight excluding hydrogens is 433 g/mol. The smallest absolute Gasteiger partial charge is 0.248 e. The molecular formula is C25H23Cl2NO3. The second kappa shape index (κ2) is 10.9. The quantitative estimate of drug-likeness (QED) is 0.380. The number of para-hydroxylation sites is 1. The number of ether oxygens (including phenoxy) is 2. The van der Waals surface area contributed by atoms with Crippen LogP contribution in [0.5, 0.6) is 11.5 Å². The van der Waals surface area contributed by atoms with Gasteiger partial charge >= 0.3 is 0 Å². The van der Waals surface area contributed by atoms with E-state index in [0.29, 0.717) is 27.1 Å². The number of hydrogen-bond acceptors (Lipinski definition) is 3. The normalized spacial score (nSPS) is 10.8. The molecule has 0 saturated heterocycles. The van der Waals surface area contributed by atoms with Crippen LogP contribution < -0.4 is 14.8 Å². The molecule has 3 aromatic rings. The molecule has 0 atom stereocenters. The predicted octanol–water partition coefficient (Wildman–Crippen LogP) is 6.80. The Balaban J connectivity index is 1.68. The van der Waals surface area contributed by atoms with E-state index >= 15 is 0 Å². The summed E-state index contributed by atoms with van der Waals surface area (Å²) in [5.74, 6) is 0.896. The highest BCUT2D eigenvalue weighted by Crippen LogP contribution is 2.31. The van der Waals surface area contributed by atoms with E-state index < -0.39 is 0 Å². The minimum Gasteiger partial charge on any atom is -0.493 e. The number of methoxy groups -OCH3 is 1. The minimum atomic E-state index is -0.200. The first-order valence-electron chi connectivity index (χ1n) is 9.82. The third kappa shape index (κ3) is 6.03. The molecule has 31 heavy (non-hydrogen) atoms. The van der Waals surface area contributed by atoms with Crippen molar-refractivity contribution in [3.05, 3.63) is 93.5 Å². The van der Waals surface area contributed by atoms with Gasteiger partial charge < -0.3 is 14.8 Å². The average molecular weight is 456 g/mol. The summed E-state index contributed by atoms with van der Waals surface area (Å²) in [6.07, 6.45) is 4.06. The molecule has 3 aromatic carbocycles. The van der Waals surface area contributed by atoms with Gasteiger partial charge in [0.2, 0.25) is 5.91 Å². The fourth-order valence-electron chi connectivity index (χ4n) is 3.02. The molecule has 1 amide bonds. The van der Waals surface area contributed by atoms with Gasteiger partial charge in [-0.1, -0.05) is 60.5 Å². The second-order valence-corrected chi connectivity index (χ2v) is 7.55. The number of amides is 1. The summed E-state index contributed by atoms with van der Waals surface area (Å²) in [6, 6.07) is 18.5. The van der Waals surface area contributed by atoms with E-state index in [1.165, 1.54) is 6.08 Å². The molecule has 0 unspecified atom stereocenters. The van der Waals surface area contributed by atoms with Crippen LogP contribution in [0, 0.1) is 0 Å². The highest BCUT2D eigenvalue weighted by molar-refractivity contribution is 6.35. The van der Waals surface area contributed by atoms with Crippen LogP contribution in [0.25, 0.3) is 6.08 Å². The molecule has 0 spiro atoms. The monoisotopic (exact) mass is 455 g/mol. The van der Waals surface area contributed by atoms with E-state index in [1.807, 2.05) is 30.3 Å². The first-order chi connectivity index (χ1) is 15.0. The van der Waals surface area contributed by atoms with Crippen LogP contribution in [0.3, 0.4) is 0 Å². The maximum Gasteiger partial charge on any atom is 0.248 e. The summed E-state index contributed by atoms with van der Waals surface area (Å²) in [5.41, 5.74) is 3.42. The van der Waals surface area contributed by atoms with Gasteiger partial charge in [0, 0.05) is 27.4 Å². The van der Waals surface area contributed by atoms with Gasteiger partial charge in [-0.25, -0.2) is 0 Å². The van der Waals surface area contributed by atoms with Crippen molar-refractivity contribution in [2.75, 3.05) is 12.4 Å². The van der Waals surface area contributed by atoms with Crippen molar-refractivity contribution in [2.45, 2.75) is 20.0 Å². The lowest BCUT2D eigenvalue weighted by Crippen LogP contribution is -2.09. The molecule has 0 bridgehead atoms. The van der Waals surface area contributed by atoms with Crippen LogP contribution in [0.1, 0.15) is 23.6 Å². The SMILES string of the molecule is CCc1ccccc1NC(=O)/C=C/c1ccc(OCc2c(Cl)cccc2Cl)c(OC)c1. The van der Waals surface area contributed by atoms with Crippen molar-refractivity contribution in [1.82, 2.24) is 0 Å². The van der Waals surface area contributed by atoms with E-state index in [2.05, 4.69) is 12.2 Å². The lowest BCUT2D eigenvalue weighted by atomic mass is 10.1. The molecule has 0 saturated carbocycles. The van der Waals surface area contributed by atoms with Crippen LogP contribution in [0.2, 0.25) is 10.0 Å². The summed E-state index contributed by atoms with van der Waals surface area (Å²) in [5, 5.41) is 4.00. The Morgan fingerprint density at radius 3 is 2.45 bits per heavy atom. The molecule has 6 heteroatoms. The zero-order chi connectivity index (χ0) is 22.2. The van der Waals surface area contributed by atoms with Crippen LogP contribution >= 0.6 is 23.2 Å². The standard InChI is InChI=1S/C25H23Cl2NO3/c1-3-18-7-4-5-10-22(18)28-25(29)14-12-17-11-13-23(24(15-17)30-2)31-16-19-20(26)8-6-9-21(19)27/h4-15H,3,16H2,1-2H3,(H,28,29)/b14-12+. The highest BCUT2D eigenvalue weighted by atomic mass is 35.5. The number of nitrogens with one attached hydrogen (secondary N) is 1. The number of carbonyl (C=O) groups excluding carboxylic acids is 1. The molecule has 0 aliphatic heterocycles. The number of carbonyl (C=O) groups is 1. The lowest BCUT2D eigenvalue weighted by Gasteiger charge is -2.13. The Labute approximate surface area is 192 Å². The zero-order valence-electron chi connectivity index (χ0n) is 17.3. The van der Waals surface area contributed by atoms with Gasteiger partial charge in [0.1, 0.15) is 6.61 Å². The lowest BCUT2D eigenvalue weighted by molar-refractivity contribution is -0.111. The van der Waals surface area contributed by atoms with Crippen LogP contribution in [-0.2, 0) is 17.8 Å². The van der Waals surface area contributed by atoms with Gasteiger partial charge in [0.15, 0.2) is 11.5 Å². The maximum absolute atomic E-state index is 12.3. The summed E-state index contributed by atoms with van der Waals surface area (Å²) in [7, 11) is 1.56. The van der Waals surface area contributed by atoms with Gasteiger partial charge in [-0.2, -0.15) is 0 Å². The molecule has 0 aliphatic rings. The molecule has 0 radical (unpaired) electrons. The van der Waals surface area contributed by atoms with Crippen molar-refractivity contribution in [3.63, 3.8) is 0 Å². The van der Waals surface area contributed by atoms with E-state index in [1.54, 1.807) is 43.5 Å². The molecule has 0 aliphatic carbocycles. The molecule has 0 aromatic heterocycles. The largest absolute Gasteiger partial charge is 0.493 e. The van der Waals surface area contributed by atoms with Crippen molar-refractivity contribution < 1.29 is 14.3 Å². The van der Waals surface area contributed by atoms with Crippen LogP contribution in [0.4, 0.5) is 5.69 Å². The zero-order valence-corrected chi connectivity index (χ0v) is 18.8. The van der Waals surface area contributed by atoms with Gasteiger partial charge in [0.05, 0.1) is 7.11 Å². The second-order valence-electron chi connectivity index (χ2n) is 6.73. The van der Waals surface area contributed by atoms with Crippen molar-refractivity contribution >= 4 is 40.9 Å². The number of hydrogen-bond donors (Lipinski definition) is 1. The van der Waals surface area contributed by atoms with Crippen LogP contribution in [-0.4, -0.2) is 13.0 Å². The highest BCUT2D eigenvalue weighted by Gasteiger charge is 2.10. The Morgan fingerprint density at radius 2 is 1.74 bits per heavy atom. The first-order valence-corrected chi connectivity index (χ1v) is 10.6. The third-order valence-electron chi connectivity index (χ3n) is 4.70. The predicted molar refractivity (Wildman–Crippen MR) is 127 cm³/mol. The fraction of sp³-hybridized carbons (Fsp3) is 0.160. The topological polar surface area (TPSA) is 47.6 Å². The first kappa shape index (κ1) is 22.7.